The zero-order valence-electron chi connectivity index (χ0n) is 19.9. The van der Waals surface area contributed by atoms with Gasteiger partial charge in [-0.2, -0.15) is 0 Å². The molecule has 1 aliphatic heterocycles. The van der Waals surface area contributed by atoms with Crippen molar-refractivity contribution in [2.45, 2.75) is 30.0 Å². The van der Waals surface area contributed by atoms with Gasteiger partial charge in [-0.1, -0.05) is 59.0 Å². The molecular weight excluding hydrogens is 511 g/mol. The van der Waals surface area contributed by atoms with Crippen molar-refractivity contribution in [1.82, 2.24) is 15.2 Å². The van der Waals surface area contributed by atoms with Crippen molar-refractivity contribution in [3.63, 3.8) is 0 Å². The van der Waals surface area contributed by atoms with Crippen LogP contribution in [0.15, 0.2) is 76.9 Å². The minimum absolute atomic E-state index is 0.0255. The minimum atomic E-state index is -0.920. The van der Waals surface area contributed by atoms with Gasteiger partial charge in [-0.3, -0.25) is 19.5 Å². The summed E-state index contributed by atoms with van der Waals surface area (Å²) in [6, 6.07) is 14.3. The van der Waals surface area contributed by atoms with Gasteiger partial charge in [-0.15, -0.1) is 10.2 Å². The van der Waals surface area contributed by atoms with Crippen LogP contribution < -0.4 is 4.90 Å². The number of carbonyl (C=O) groups is 2. The number of hydrogen-bond acceptors (Lipinski definition) is 8. The van der Waals surface area contributed by atoms with Crippen molar-refractivity contribution in [2.24, 2.45) is 0 Å². The smallest absolute Gasteiger partial charge is 0.301 e. The fourth-order valence-electron chi connectivity index (χ4n) is 4.10. The number of rotatable bonds is 6. The summed E-state index contributed by atoms with van der Waals surface area (Å²) in [6.45, 7) is 3.72. The molecule has 10 heteroatoms. The van der Waals surface area contributed by atoms with Crippen LogP contribution in [0.2, 0.25) is 0 Å². The van der Waals surface area contributed by atoms with Gasteiger partial charge in [0.25, 0.3) is 5.78 Å². The Hall–Kier alpha value is -3.89. The van der Waals surface area contributed by atoms with Crippen LogP contribution in [0.25, 0.3) is 5.76 Å². The van der Waals surface area contributed by atoms with Crippen molar-refractivity contribution >= 4 is 45.7 Å². The average molecular weight is 533 g/mol. The molecule has 1 saturated heterocycles. The Balaban J connectivity index is 1.54. The van der Waals surface area contributed by atoms with Crippen molar-refractivity contribution in [3.8, 4) is 0 Å². The molecule has 186 valence electrons. The van der Waals surface area contributed by atoms with E-state index in [-0.39, 0.29) is 22.3 Å². The van der Waals surface area contributed by atoms with Crippen LogP contribution in [0.4, 0.5) is 9.52 Å². The maximum atomic E-state index is 13.3. The van der Waals surface area contributed by atoms with Gasteiger partial charge in [-0.25, -0.2) is 4.39 Å². The van der Waals surface area contributed by atoms with Gasteiger partial charge in [0.05, 0.1) is 11.6 Å². The Kier molecular flexibility index (Phi) is 6.86. The summed E-state index contributed by atoms with van der Waals surface area (Å²) in [4.78, 5) is 32.1. The maximum Gasteiger partial charge on any atom is 0.301 e. The molecule has 1 amide bonds. The van der Waals surface area contributed by atoms with Crippen molar-refractivity contribution in [2.75, 3.05) is 4.90 Å². The second kappa shape index (κ2) is 10.2. The number of hydrogen-bond donors (Lipinski definition) is 1. The summed E-state index contributed by atoms with van der Waals surface area (Å²) in [5, 5.41) is 20.0. The van der Waals surface area contributed by atoms with E-state index in [1.54, 1.807) is 42.7 Å². The van der Waals surface area contributed by atoms with Crippen molar-refractivity contribution in [3.05, 3.63) is 106 Å². The monoisotopic (exact) mass is 532 g/mol. The van der Waals surface area contributed by atoms with E-state index in [0.29, 0.717) is 21.2 Å². The largest absolute Gasteiger partial charge is 0.507 e. The third kappa shape index (κ3) is 4.90. The molecule has 5 rings (SSSR count). The fourth-order valence-corrected chi connectivity index (χ4v) is 5.93. The number of aromatic nitrogens is 3. The third-order valence-electron chi connectivity index (χ3n) is 5.97. The van der Waals surface area contributed by atoms with Gasteiger partial charge in [0, 0.05) is 23.7 Å². The fraction of sp³-hybridized carbons (Fsp3) is 0.148. The van der Waals surface area contributed by atoms with Crippen LogP contribution in [-0.2, 0) is 15.3 Å². The SMILES string of the molecule is Cc1ccc(C)c(/C(O)=C2\C(=O)C(=O)N(c3nnc(SCc4ccc(F)cc4)s3)C2c2cccnc2)c1. The second-order valence-electron chi connectivity index (χ2n) is 8.54. The molecule has 0 saturated carbocycles. The van der Waals surface area contributed by atoms with Crippen molar-refractivity contribution in [1.29, 1.82) is 0 Å². The predicted molar refractivity (Wildman–Crippen MR) is 141 cm³/mol. The first-order valence-electron chi connectivity index (χ1n) is 11.3. The topological polar surface area (TPSA) is 96.3 Å². The van der Waals surface area contributed by atoms with Gasteiger partial charge in [0.15, 0.2) is 4.34 Å². The Morgan fingerprint density at radius 1 is 1.11 bits per heavy atom. The number of aryl methyl sites for hydroxylation is 2. The molecule has 2 aromatic carbocycles. The van der Waals surface area contributed by atoms with Gasteiger partial charge >= 0.3 is 5.91 Å². The molecule has 0 radical (unpaired) electrons. The molecule has 1 atom stereocenters. The zero-order valence-corrected chi connectivity index (χ0v) is 21.5. The Bertz CT molecular complexity index is 1520. The highest BCUT2D eigenvalue weighted by Crippen LogP contribution is 2.44. The lowest BCUT2D eigenvalue weighted by Gasteiger charge is -2.22. The molecule has 1 unspecified atom stereocenters. The standard InChI is InChI=1S/C27H21FN4O3S2/c1-15-5-6-16(2)20(12-15)23(33)21-22(18-4-3-11-29-13-18)32(25(35)24(21)34)26-30-31-27(37-26)36-14-17-7-9-19(28)10-8-17/h3-13,22,33H,14H2,1-2H3/b23-21+. The van der Waals surface area contributed by atoms with Gasteiger partial charge in [0.1, 0.15) is 11.6 Å². The number of pyridine rings is 1. The molecule has 0 bridgehead atoms. The highest BCUT2D eigenvalue weighted by atomic mass is 32.2. The molecule has 0 spiro atoms. The van der Waals surface area contributed by atoms with Crippen LogP contribution in [-0.4, -0.2) is 32.0 Å². The predicted octanol–water partition coefficient (Wildman–Crippen LogP) is 5.61. The van der Waals surface area contributed by atoms with Crippen molar-refractivity contribution < 1.29 is 19.1 Å². The summed E-state index contributed by atoms with van der Waals surface area (Å²) >= 11 is 2.56. The number of Topliss-reactive ketones (excluding diaryl/α,β-unsaturated/α-hetero) is 1. The van der Waals surface area contributed by atoms with Crippen LogP contribution >= 0.6 is 23.1 Å². The normalized spacial score (nSPS) is 16.9. The van der Waals surface area contributed by atoms with Crippen LogP contribution in [0.3, 0.4) is 0 Å². The van der Waals surface area contributed by atoms with E-state index in [0.717, 1.165) is 16.7 Å². The van der Waals surface area contributed by atoms with Crippen LogP contribution in [0.5, 0.6) is 0 Å². The molecule has 3 heterocycles. The molecule has 2 aromatic heterocycles. The minimum Gasteiger partial charge on any atom is -0.507 e. The zero-order chi connectivity index (χ0) is 26.1. The lowest BCUT2D eigenvalue weighted by Crippen LogP contribution is -2.29. The number of aliphatic hydroxyl groups excluding tert-OH is 1. The lowest BCUT2D eigenvalue weighted by atomic mass is 9.94. The molecule has 4 aromatic rings. The molecular formula is C27H21FN4O3S2. The third-order valence-corrected chi connectivity index (χ3v) is 8.10. The maximum absolute atomic E-state index is 13.3. The van der Waals surface area contributed by atoms with Gasteiger partial charge < -0.3 is 5.11 Å². The number of nitrogens with zero attached hydrogens (tertiary/aromatic N) is 4. The Morgan fingerprint density at radius 2 is 1.89 bits per heavy atom. The van der Waals surface area contributed by atoms with E-state index in [4.69, 9.17) is 0 Å². The lowest BCUT2D eigenvalue weighted by molar-refractivity contribution is -0.132. The number of anilines is 1. The number of aliphatic hydroxyl groups is 1. The van der Waals surface area contributed by atoms with E-state index in [2.05, 4.69) is 15.2 Å². The Labute approximate surface area is 220 Å². The van der Waals surface area contributed by atoms with E-state index >= 15 is 0 Å². The molecule has 1 aliphatic rings. The van der Waals surface area contributed by atoms with Gasteiger partial charge in [-0.05, 0) is 54.8 Å². The summed E-state index contributed by atoms with van der Waals surface area (Å²) in [6.07, 6.45) is 3.15. The number of carbonyl (C=O) groups excluding carboxylic acids is 2. The molecule has 7 nitrogen and oxygen atoms in total. The quantitative estimate of drug-likeness (QED) is 0.113. The highest BCUT2D eigenvalue weighted by Gasteiger charge is 2.48. The first kappa shape index (κ1) is 24.8. The van der Waals surface area contributed by atoms with E-state index < -0.39 is 17.7 Å². The van der Waals surface area contributed by atoms with E-state index in [1.165, 1.54) is 40.1 Å². The molecule has 1 N–H and O–H groups in total. The summed E-state index contributed by atoms with van der Waals surface area (Å²) < 4.78 is 13.8. The average Bonchev–Trinajstić information content (AvgIpc) is 3.47. The summed E-state index contributed by atoms with van der Waals surface area (Å²) in [5.74, 6) is -1.62. The van der Waals surface area contributed by atoms with Crippen LogP contribution in [0, 0.1) is 19.7 Å². The van der Waals surface area contributed by atoms with Gasteiger partial charge in [0.2, 0.25) is 5.13 Å². The number of amides is 1. The second-order valence-corrected chi connectivity index (χ2v) is 10.7. The Morgan fingerprint density at radius 3 is 2.62 bits per heavy atom. The number of halogens is 1. The summed E-state index contributed by atoms with van der Waals surface area (Å²) in [5.41, 5.74) is 3.61. The highest BCUT2D eigenvalue weighted by molar-refractivity contribution is 8.00. The number of thioether (sulfide) groups is 1. The van der Waals surface area contributed by atoms with E-state index in [1.807, 2.05) is 26.0 Å². The first-order chi connectivity index (χ1) is 17.8. The summed E-state index contributed by atoms with van der Waals surface area (Å²) in [7, 11) is 0. The molecule has 0 aliphatic carbocycles. The molecule has 1 fully saturated rings. The van der Waals surface area contributed by atoms with E-state index in [9.17, 15) is 19.1 Å². The first-order valence-corrected chi connectivity index (χ1v) is 13.1. The number of benzene rings is 2. The molecule has 37 heavy (non-hydrogen) atoms. The number of ketones is 1. The van der Waals surface area contributed by atoms with Crippen LogP contribution in [0.1, 0.15) is 33.9 Å².